The first-order chi connectivity index (χ1) is 10.9. The molecule has 1 aromatic heterocycles. The van der Waals surface area contributed by atoms with Crippen molar-refractivity contribution in [3.05, 3.63) is 60.9 Å². The number of para-hydroxylation sites is 2. The Hall–Kier alpha value is -2.55. The Balaban J connectivity index is 2.26. The summed E-state index contributed by atoms with van der Waals surface area (Å²) in [7, 11) is 1.68. The van der Waals surface area contributed by atoms with Gasteiger partial charge in [-0.1, -0.05) is 39.5 Å². The average molecular weight is 306 g/mol. The highest BCUT2D eigenvalue weighted by atomic mass is 16.5. The number of hydrogen-bond donors (Lipinski definition) is 0. The molecule has 3 nitrogen and oxygen atoms in total. The second-order valence-electron chi connectivity index (χ2n) is 6.71. The summed E-state index contributed by atoms with van der Waals surface area (Å²) in [6.45, 7) is 10.9. The van der Waals surface area contributed by atoms with Gasteiger partial charge in [0.1, 0.15) is 12.1 Å². The van der Waals surface area contributed by atoms with E-state index in [4.69, 9.17) is 4.74 Å². The number of hydrogen-bond acceptors (Lipinski definition) is 2. The van der Waals surface area contributed by atoms with E-state index in [0.717, 1.165) is 33.6 Å². The Kier molecular flexibility index (Phi) is 3.72. The summed E-state index contributed by atoms with van der Waals surface area (Å²) in [4.78, 5) is 4.51. The Bertz CT molecular complexity index is 869. The molecule has 0 saturated carbocycles. The van der Waals surface area contributed by atoms with Gasteiger partial charge in [0, 0.05) is 11.6 Å². The molecule has 0 saturated heterocycles. The van der Waals surface area contributed by atoms with E-state index in [1.165, 1.54) is 0 Å². The van der Waals surface area contributed by atoms with Crippen molar-refractivity contribution in [2.75, 3.05) is 7.11 Å². The molecule has 3 rings (SSSR count). The van der Waals surface area contributed by atoms with Crippen molar-refractivity contribution in [2.45, 2.75) is 20.8 Å². The van der Waals surface area contributed by atoms with Crippen LogP contribution in [0, 0.1) is 5.41 Å². The zero-order valence-electron chi connectivity index (χ0n) is 14.1. The Labute approximate surface area is 137 Å². The topological polar surface area (TPSA) is 27.1 Å². The number of imidazole rings is 1. The predicted molar refractivity (Wildman–Crippen MR) is 96.1 cm³/mol. The van der Waals surface area contributed by atoms with Gasteiger partial charge in [0.15, 0.2) is 0 Å². The highest BCUT2D eigenvalue weighted by molar-refractivity contribution is 5.81. The third-order valence-electron chi connectivity index (χ3n) is 4.15. The predicted octanol–water partition coefficient (Wildman–Crippen LogP) is 5.09. The third kappa shape index (κ3) is 2.74. The minimum absolute atomic E-state index is 0.0142. The molecule has 0 unspecified atom stereocenters. The van der Waals surface area contributed by atoms with Crippen LogP contribution >= 0.6 is 0 Å². The van der Waals surface area contributed by atoms with E-state index >= 15 is 0 Å². The van der Waals surface area contributed by atoms with Crippen molar-refractivity contribution >= 4 is 16.6 Å². The van der Waals surface area contributed by atoms with Gasteiger partial charge in [-0.05, 0) is 35.3 Å². The molecule has 118 valence electrons. The molecule has 0 aliphatic carbocycles. The first-order valence-corrected chi connectivity index (χ1v) is 7.72. The summed E-state index contributed by atoms with van der Waals surface area (Å²) >= 11 is 0. The summed E-state index contributed by atoms with van der Waals surface area (Å²) in [5.74, 6) is 0.822. The molecule has 0 N–H and O–H groups in total. The number of aromatic nitrogens is 2. The molecule has 0 atom stereocenters. The Morgan fingerprint density at radius 1 is 1.13 bits per heavy atom. The molecule has 1 heterocycles. The summed E-state index contributed by atoms with van der Waals surface area (Å²) in [6, 6.07) is 14.2. The highest BCUT2D eigenvalue weighted by Gasteiger charge is 2.21. The van der Waals surface area contributed by atoms with E-state index in [2.05, 4.69) is 49.0 Å². The number of ether oxygens (including phenoxy) is 1. The standard InChI is InChI=1S/C20H22N2O/c1-14(20(2,3)4)16-11-10-15(23-5)12-19(16)22-13-21-17-8-6-7-9-18(17)22/h6-13H,1H2,2-5H3. The van der Waals surface area contributed by atoms with Crippen molar-refractivity contribution in [1.29, 1.82) is 0 Å². The molecule has 0 bridgehead atoms. The van der Waals surface area contributed by atoms with E-state index in [0.29, 0.717) is 0 Å². The molecule has 0 radical (unpaired) electrons. The molecule has 3 heteroatoms. The number of rotatable bonds is 3. The summed E-state index contributed by atoms with van der Waals surface area (Å²) in [5.41, 5.74) is 5.28. The van der Waals surface area contributed by atoms with E-state index in [-0.39, 0.29) is 5.41 Å². The minimum Gasteiger partial charge on any atom is -0.497 e. The molecular formula is C20H22N2O. The van der Waals surface area contributed by atoms with Crippen LogP contribution in [0.25, 0.3) is 22.3 Å². The summed E-state index contributed by atoms with van der Waals surface area (Å²) < 4.78 is 7.52. The van der Waals surface area contributed by atoms with Gasteiger partial charge in [-0.2, -0.15) is 0 Å². The van der Waals surface area contributed by atoms with Crippen molar-refractivity contribution < 1.29 is 4.74 Å². The maximum atomic E-state index is 5.42. The fourth-order valence-corrected chi connectivity index (χ4v) is 2.65. The molecule has 23 heavy (non-hydrogen) atoms. The number of allylic oxidation sites excluding steroid dienone is 1. The maximum Gasteiger partial charge on any atom is 0.120 e. The quantitative estimate of drug-likeness (QED) is 0.673. The molecule has 0 aliphatic heterocycles. The first kappa shape index (κ1) is 15.3. The fourth-order valence-electron chi connectivity index (χ4n) is 2.65. The van der Waals surface area contributed by atoms with Crippen LogP contribution in [0.2, 0.25) is 0 Å². The smallest absolute Gasteiger partial charge is 0.120 e. The largest absolute Gasteiger partial charge is 0.497 e. The average Bonchev–Trinajstić information content (AvgIpc) is 2.96. The van der Waals surface area contributed by atoms with E-state index in [1.807, 2.05) is 36.7 Å². The third-order valence-corrected chi connectivity index (χ3v) is 4.15. The van der Waals surface area contributed by atoms with Crippen molar-refractivity contribution in [3.8, 4) is 11.4 Å². The number of methoxy groups -OCH3 is 1. The maximum absolute atomic E-state index is 5.42. The molecule has 0 amide bonds. The monoisotopic (exact) mass is 306 g/mol. The van der Waals surface area contributed by atoms with Crippen LogP contribution in [-0.4, -0.2) is 16.7 Å². The van der Waals surface area contributed by atoms with Gasteiger partial charge in [0.2, 0.25) is 0 Å². The van der Waals surface area contributed by atoms with E-state index in [1.54, 1.807) is 7.11 Å². The van der Waals surface area contributed by atoms with Crippen LogP contribution in [0.1, 0.15) is 26.3 Å². The van der Waals surface area contributed by atoms with Crippen molar-refractivity contribution in [2.24, 2.45) is 5.41 Å². The molecule has 0 aliphatic rings. The van der Waals surface area contributed by atoms with Gasteiger partial charge in [-0.15, -0.1) is 0 Å². The normalized spacial score (nSPS) is 11.7. The molecular weight excluding hydrogens is 284 g/mol. The zero-order valence-corrected chi connectivity index (χ0v) is 14.1. The lowest BCUT2D eigenvalue weighted by atomic mass is 9.82. The summed E-state index contributed by atoms with van der Waals surface area (Å²) in [6.07, 6.45) is 1.86. The van der Waals surface area contributed by atoms with Gasteiger partial charge < -0.3 is 4.74 Å². The van der Waals surface area contributed by atoms with Crippen molar-refractivity contribution in [1.82, 2.24) is 9.55 Å². The Morgan fingerprint density at radius 2 is 1.87 bits per heavy atom. The van der Waals surface area contributed by atoms with E-state index < -0.39 is 0 Å². The first-order valence-electron chi connectivity index (χ1n) is 7.72. The van der Waals surface area contributed by atoms with Gasteiger partial charge in [0.25, 0.3) is 0 Å². The zero-order chi connectivity index (χ0) is 16.6. The van der Waals surface area contributed by atoms with Gasteiger partial charge in [-0.3, -0.25) is 4.57 Å². The lowest BCUT2D eigenvalue weighted by Crippen LogP contribution is -2.10. The number of fused-ring (bicyclic) bond motifs is 1. The lowest BCUT2D eigenvalue weighted by Gasteiger charge is -2.25. The SMILES string of the molecule is C=C(c1ccc(OC)cc1-n1cnc2ccccc21)C(C)(C)C. The van der Waals surface area contributed by atoms with Gasteiger partial charge >= 0.3 is 0 Å². The lowest BCUT2D eigenvalue weighted by molar-refractivity contribution is 0.414. The highest BCUT2D eigenvalue weighted by Crippen LogP contribution is 2.37. The fraction of sp³-hybridized carbons (Fsp3) is 0.250. The van der Waals surface area contributed by atoms with Crippen molar-refractivity contribution in [3.63, 3.8) is 0 Å². The molecule has 0 spiro atoms. The van der Waals surface area contributed by atoms with Crippen LogP contribution in [0.15, 0.2) is 55.4 Å². The molecule has 0 fully saturated rings. The molecule has 3 aromatic rings. The minimum atomic E-state index is -0.0142. The van der Waals surface area contributed by atoms with E-state index in [9.17, 15) is 0 Å². The second-order valence-corrected chi connectivity index (χ2v) is 6.71. The summed E-state index contributed by atoms with van der Waals surface area (Å²) in [5, 5.41) is 0. The van der Waals surface area contributed by atoms with Crippen LogP contribution < -0.4 is 4.74 Å². The second kappa shape index (κ2) is 5.58. The van der Waals surface area contributed by atoms with Gasteiger partial charge in [0.05, 0.1) is 23.8 Å². The van der Waals surface area contributed by atoms with Gasteiger partial charge in [-0.25, -0.2) is 4.98 Å². The van der Waals surface area contributed by atoms with Crippen LogP contribution in [0.5, 0.6) is 5.75 Å². The Morgan fingerprint density at radius 3 is 2.57 bits per heavy atom. The molecule has 2 aromatic carbocycles. The van der Waals surface area contributed by atoms with Crippen LogP contribution in [-0.2, 0) is 0 Å². The van der Waals surface area contributed by atoms with Crippen LogP contribution in [0.3, 0.4) is 0 Å². The van der Waals surface area contributed by atoms with Crippen LogP contribution in [0.4, 0.5) is 0 Å². The number of nitrogens with zero attached hydrogens (tertiary/aromatic N) is 2. The number of benzene rings is 2.